The van der Waals surface area contributed by atoms with Gasteiger partial charge in [0.15, 0.2) is 11.2 Å². The molecule has 0 fully saturated rings. The summed E-state index contributed by atoms with van der Waals surface area (Å²) in [6, 6.07) is 9.86. The van der Waals surface area contributed by atoms with Crippen molar-refractivity contribution in [2.45, 2.75) is 19.9 Å². The van der Waals surface area contributed by atoms with Gasteiger partial charge in [0.05, 0.1) is 17.0 Å². The number of carbonyl (C=O) groups is 1. The molecule has 0 unspecified atom stereocenters. The molecule has 4 aromatic rings. The number of hydrogen-bond acceptors (Lipinski definition) is 6. The molecule has 7 heteroatoms. The Balaban J connectivity index is 1.84. The second-order valence-corrected chi connectivity index (χ2v) is 6.83. The van der Waals surface area contributed by atoms with Crippen molar-refractivity contribution in [3.05, 3.63) is 87.2 Å². The Morgan fingerprint density at radius 3 is 2.54 bits per heavy atom. The summed E-state index contributed by atoms with van der Waals surface area (Å²) in [7, 11) is 0. The first-order valence-electron chi connectivity index (χ1n) is 8.79. The predicted molar refractivity (Wildman–Crippen MR) is 101 cm³/mol. The van der Waals surface area contributed by atoms with Crippen molar-refractivity contribution < 1.29 is 13.7 Å². The van der Waals surface area contributed by atoms with E-state index in [0.717, 1.165) is 11.1 Å². The highest BCUT2D eigenvalue weighted by Gasteiger charge is 2.44. The maximum absolute atomic E-state index is 13.4. The third-order valence-corrected chi connectivity index (χ3v) is 4.91. The Bertz CT molecular complexity index is 1290. The van der Waals surface area contributed by atoms with Crippen LogP contribution in [0.1, 0.15) is 39.0 Å². The Labute approximate surface area is 159 Å². The second kappa shape index (κ2) is 5.88. The molecule has 0 radical (unpaired) electrons. The van der Waals surface area contributed by atoms with Crippen LogP contribution in [0, 0.1) is 13.8 Å². The van der Waals surface area contributed by atoms with Crippen LogP contribution in [0.15, 0.2) is 62.5 Å². The first-order valence-corrected chi connectivity index (χ1v) is 8.79. The van der Waals surface area contributed by atoms with Gasteiger partial charge in [-0.05, 0) is 43.7 Å². The molecule has 0 bridgehead atoms. The number of aryl methyl sites for hydroxylation is 2. The van der Waals surface area contributed by atoms with Gasteiger partial charge in [0, 0.05) is 18.5 Å². The van der Waals surface area contributed by atoms with E-state index < -0.39 is 11.9 Å². The van der Waals surface area contributed by atoms with Gasteiger partial charge in [0.2, 0.25) is 5.76 Å². The number of aromatic nitrogens is 2. The summed E-state index contributed by atoms with van der Waals surface area (Å²) < 4.78 is 11.1. The van der Waals surface area contributed by atoms with E-state index in [2.05, 4.69) is 10.1 Å². The first-order chi connectivity index (χ1) is 13.5. The second-order valence-electron chi connectivity index (χ2n) is 6.83. The average molecular weight is 373 g/mol. The molecule has 1 atom stereocenters. The summed E-state index contributed by atoms with van der Waals surface area (Å²) in [6.07, 6.45) is 3.24. The van der Waals surface area contributed by atoms with Crippen molar-refractivity contribution in [3.63, 3.8) is 0 Å². The molecule has 1 amide bonds. The fourth-order valence-electron chi connectivity index (χ4n) is 3.65. The number of rotatable bonds is 2. The van der Waals surface area contributed by atoms with Crippen molar-refractivity contribution in [1.82, 2.24) is 10.1 Å². The molecule has 138 valence electrons. The third-order valence-electron chi connectivity index (χ3n) is 4.91. The lowest BCUT2D eigenvalue weighted by atomic mass is 9.99. The van der Waals surface area contributed by atoms with Crippen LogP contribution in [0.3, 0.4) is 0 Å². The van der Waals surface area contributed by atoms with Crippen molar-refractivity contribution in [1.29, 1.82) is 0 Å². The summed E-state index contributed by atoms with van der Waals surface area (Å²) in [4.78, 5) is 32.1. The van der Waals surface area contributed by atoms with Crippen LogP contribution in [0.5, 0.6) is 0 Å². The van der Waals surface area contributed by atoms with Gasteiger partial charge < -0.3 is 8.94 Å². The Hall–Kier alpha value is -3.74. The van der Waals surface area contributed by atoms with Crippen molar-refractivity contribution in [3.8, 4) is 0 Å². The van der Waals surface area contributed by atoms with Crippen LogP contribution in [-0.4, -0.2) is 16.0 Å². The number of benzene rings is 1. The number of anilines is 1. The van der Waals surface area contributed by atoms with Crippen LogP contribution in [0.25, 0.3) is 11.0 Å². The van der Waals surface area contributed by atoms with Crippen LogP contribution in [0.4, 0.5) is 5.82 Å². The van der Waals surface area contributed by atoms with Gasteiger partial charge in [-0.25, -0.2) is 0 Å². The van der Waals surface area contributed by atoms with Crippen LogP contribution < -0.4 is 10.3 Å². The van der Waals surface area contributed by atoms with Crippen molar-refractivity contribution in [2.75, 3.05) is 4.90 Å². The molecule has 0 aliphatic carbocycles. The Kier molecular flexibility index (Phi) is 3.45. The summed E-state index contributed by atoms with van der Waals surface area (Å²) in [6.45, 7) is 3.65. The predicted octanol–water partition coefficient (Wildman–Crippen LogP) is 3.54. The Morgan fingerprint density at radius 1 is 1.04 bits per heavy atom. The van der Waals surface area contributed by atoms with E-state index >= 15 is 0 Å². The van der Waals surface area contributed by atoms with Crippen molar-refractivity contribution >= 4 is 22.7 Å². The molecule has 4 heterocycles. The third kappa shape index (κ3) is 2.29. The summed E-state index contributed by atoms with van der Waals surface area (Å²) in [5, 5.41) is 4.44. The monoisotopic (exact) mass is 373 g/mol. The van der Waals surface area contributed by atoms with E-state index in [1.54, 1.807) is 49.6 Å². The van der Waals surface area contributed by atoms with Gasteiger partial charge in [-0.15, -0.1) is 0 Å². The van der Waals surface area contributed by atoms with Gasteiger partial charge in [0.25, 0.3) is 5.91 Å². The van der Waals surface area contributed by atoms with Gasteiger partial charge in [-0.3, -0.25) is 19.5 Å². The molecule has 7 nitrogen and oxygen atoms in total. The lowest BCUT2D eigenvalue weighted by molar-refractivity contribution is 0.0969. The zero-order valence-electron chi connectivity index (χ0n) is 15.2. The van der Waals surface area contributed by atoms with E-state index in [0.29, 0.717) is 28.1 Å². The number of amides is 1. The number of fused-ring (bicyclic) bond motifs is 2. The molecule has 3 aromatic heterocycles. The lowest BCUT2D eigenvalue weighted by Gasteiger charge is -2.22. The average Bonchev–Trinajstić information content (AvgIpc) is 3.24. The van der Waals surface area contributed by atoms with Gasteiger partial charge in [0.1, 0.15) is 11.3 Å². The molecular weight excluding hydrogens is 358 g/mol. The quantitative estimate of drug-likeness (QED) is 0.534. The molecule has 28 heavy (non-hydrogen) atoms. The molecule has 0 spiro atoms. The van der Waals surface area contributed by atoms with Gasteiger partial charge in [-0.2, -0.15) is 0 Å². The fourth-order valence-corrected chi connectivity index (χ4v) is 3.65. The van der Waals surface area contributed by atoms with Gasteiger partial charge in [-0.1, -0.05) is 16.8 Å². The minimum absolute atomic E-state index is 0.0313. The first kappa shape index (κ1) is 16.4. The van der Waals surface area contributed by atoms with Crippen LogP contribution in [-0.2, 0) is 0 Å². The van der Waals surface area contributed by atoms with Crippen molar-refractivity contribution in [2.24, 2.45) is 0 Å². The van der Waals surface area contributed by atoms with Gasteiger partial charge >= 0.3 is 0 Å². The Morgan fingerprint density at radius 2 is 1.82 bits per heavy atom. The van der Waals surface area contributed by atoms with E-state index in [-0.39, 0.29) is 11.2 Å². The summed E-state index contributed by atoms with van der Waals surface area (Å²) >= 11 is 0. The smallest absolute Gasteiger partial charge is 0.296 e. The number of nitrogens with zero attached hydrogens (tertiary/aromatic N) is 3. The van der Waals surface area contributed by atoms with E-state index in [9.17, 15) is 9.59 Å². The summed E-state index contributed by atoms with van der Waals surface area (Å²) in [5.74, 6) is 0.496. The molecule has 0 saturated heterocycles. The SMILES string of the molecule is Cc1ccc2oc3c(c(=O)c2c1)[C@H](c1ccncc1)N(c1cc(C)on1)C3=O. The minimum atomic E-state index is -0.670. The lowest BCUT2D eigenvalue weighted by Crippen LogP contribution is -2.29. The largest absolute Gasteiger partial charge is 0.450 e. The molecule has 0 N–H and O–H groups in total. The maximum Gasteiger partial charge on any atom is 0.296 e. The molecular formula is C21H15N3O4. The summed E-state index contributed by atoms with van der Waals surface area (Å²) in [5.41, 5.74) is 2.14. The van der Waals surface area contributed by atoms with E-state index in [1.165, 1.54) is 4.90 Å². The highest BCUT2D eigenvalue weighted by molar-refractivity contribution is 6.10. The number of pyridine rings is 1. The zero-order valence-corrected chi connectivity index (χ0v) is 15.2. The highest BCUT2D eigenvalue weighted by atomic mass is 16.5. The van der Waals surface area contributed by atoms with Crippen LogP contribution in [0.2, 0.25) is 0 Å². The molecule has 1 aliphatic rings. The molecule has 0 saturated carbocycles. The molecule has 1 aliphatic heterocycles. The number of hydrogen-bond donors (Lipinski definition) is 0. The highest BCUT2D eigenvalue weighted by Crippen LogP contribution is 2.40. The van der Waals surface area contributed by atoms with E-state index in [1.807, 2.05) is 13.0 Å². The standard InChI is InChI=1S/C21H15N3O4/c1-11-3-4-15-14(9-11)19(25)17-18(13-5-7-22-8-6-13)24(21(26)20(17)27-15)16-10-12(2)28-23-16/h3-10,18H,1-2H3/t18-/m0/s1. The topological polar surface area (TPSA) is 89.4 Å². The molecule has 5 rings (SSSR count). The number of carbonyl (C=O) groups excluding carboxylic acids is 1. The van der Waals surface area contributed by atoms with Crippen LogP contribution >= 0.6 is 0 Å². The molecule has 1 aromatic carbocycles. The van der Waals surface area contributed by atoms with E-state index in [4.69, 9.17) is 8.94 Å². The fraction of sp³-hybridized carbons (Fsp3) is 0.143. The minimum Gasteiger partial charge on any atom is -0.450 e. The normalized spacial score (nSPS) is 16.0. The zero-order chi connectivity index (χ0) is 19.4. The maximum atomic E-state index is 13.4.